The van der Waals surface area contributed by atoms with Gasteiger partial charge in [-0.2, -0.15) is 0 Å². The van der Waals surface area contributed by atoms with Crippen LogP contribution in [0.3, 0.4) is 0 Å². The van der Waals surface area contributed by atoms with Crippen molar-refractivity contribution in [3.05, 3.63) is 35.9 Å². The van der Waals surface area contributed by atoms with Crippen LogP contribution < -0.4 is 5.73 Å². The van der Waals surface area contributed by atoms with Gasteiger partial charge >= 0.3 is 0 Å². The zero-order chi connectivity index (χ0) is 13.9. The lowest BCUT2D eigenvalue weighted by Crippen LogP contribution is -2.47. The molecular weight excluding hydrogens is 248 g/mol. The minimum absolute atomic E-state index is 0.0974. The molecule has 2 fully saturated rings. The third-order valence-electron chi connectivity index (χ3n) is 5.03. The van der Waals surface area contributed by atoms with Crippen LogP contribution in [0.4, 0.5) is 0 Å². The minimum Gasteiger partial charge on any atom is -0.341 e. The number of amides is 1. The van der Waals surface area contributed by atoms with E-state index in [4.69, 9.17) is 5.73 Å². The van der Waals surface area contributed by atoms with E-state index in [0.29, 0.717) is 5.92 Å². The maximum Gasteiger partial charge on any atom is 0.244 e. The molecule has 0 spiro atoms. The second-order valence-electron chi connectivity index (χ2n) is 6.27. The highest BCUT2D eigenvalue weighted by atomic mass is 16.2. The molecule has 1 amide bonds. The first-order valence-electron chi connectivity index (χ1n) is 7.85. The number of likely N-dealkylation sites (tertiary alicyclic amines) is 1. The third kappa shape index (κ3) is 2.73. The van der Waals surface area contributed by atoms with Crippen LogP contribution in [0, 0.1) is 11.8 Å². The molecule has 1 aromatic carbocycles. The number of benzene rings is 1. The van der Waals surface area contributed by atoms with Crippen molar-refractivity contribution in [2.24, 2.45) is 17.6 Å². The number of carbonyl (C=O) groups excluding carboxylic acids is 1. The van der Waals surface area contributed by atoms with Gasteiger partial charge in [0.25, 0.3) is 0 Å². The molecule has 1 aliphatic heterocycles. The summed E-state index contributed by atoms with van der Waals surface area (Å²) in [5, 5.41) is 0. The molecule has 1 aliphatic carbocycles. The van der Waals surface area contributed by atoms with Crippen molar-refractivity contribution in [3.8, 4) is 0 Å². The summed E-state index contributed by atoms with van der Waals surface area (Å²) in [6.07, 6.45) is 6.51. The average molecular weight is 272 g/mol. The number of rotatable bonds is 2. The molecule has 1 heterocycles. The van der Waals surface area contributed by atoms with E-state index in [1.165, 1.54) is 25.7 Å². The van der Waals surface area contributed by atoms with E-state index in [1.807, 2.05) is 35.2 Å². The van der Waals surface area contributed by atoms with Crippen LogP contribution in [0.5, 0.6) is 0 Å². The highest BCUT2D eigenvalue weighted by Gasteiger charge is 2.34. The number of carbonyl (C=O) groups is 1. The Morgan fingerprint density at radius 2 is 1.80 bits per heavy atom. The zero-order valence-corrected chi connectivity index (χ0v) is 12.0. The highest BCUT2D eigenvalue weighted by molar-refractivity contribution is 5.83. The molecule has 0 bridgehead atoms. The fourth-order valence-corrected chi connectivity index (χ4v) is 3.80. The lowest BCUT2D eigenvalue weighted by atomic mass is 9.75. The Kier molecular flexibility index (Phi) is 4.06. The van der Waals surface area contributed by atoms with Gasteiger partial charge in [-0.1, -0.05) is 49.6 Å². The number of fused-ring (bicyclic) bond motifs is 1. The topological polar surface area (TPSA) is 46.3 Å². The van der Waals surface area contributed by atoms with E-state index in [2.05, 4.69) is 0 Å². The van der Waals surface area contributed by atoms with Crippen LogP contribution in [-0.2, 0) is 4.79 Å². The highest BCUT2D eigenvalue weighted by Crippen LogP contribution is 2.36. The lowest BCUT2D eigenvalue weighted by molar-refractivity contribution is -0.135. The lowest BCUT2D eigenvalue weighted by Gasteiger charge is -2.42. The van der Waals surface area contributed by atoms with Crippen molar-refractivity contribution in [1.29, 1.82) is 0 Å². The van der Waals surface area contributed by atoms with Gasteiger partial charge in [0.05, 0.1) is 0 Å². The molecular formula is C17H24N2O. The van der Waals surface area contributed by atoms with E-state index in [9.17, 15) is 4.79 Å². The third-order valence-corrected chi connectivity index (χ3v) is 5.03. The maximum absolute atomic E-state index is 12.6. The molecule has 3 nitrogen and oxygen atoms in total. The first-order valence-corrected chi connectivity index (χ1v) is 7.85. The van der Waals surface area contributed by atoms with Crippen molar-refractivity contribution in [2.75, 3.05) is 13.1 Å². The van der Waals surface area contributed by atoms with E-state index >= 15 is 0 Å². The number of hydrogen-bond donors (Lipinski definition) is 1. The summed E-state index contributed by atoms with van der Waals surface area (Å²) in [5.41, 5.74) is 7.07. The van der Waals surface area contributed by atoms with Gasteiger partial charge in [-0.25, -0.2) is 0 Å². The fourth-order valence-electron chi connectivity index (χ4n) is 3.80. The van der Waals surface area contributed by atoms with E-state index in [0.717, 1.165) is 31.0 Å². The molecule has 3 heteroatoms. The summed E-state index contributed by atoms with van der Waals surface area (Å²) in [5.74, 6) is 1.66. The molecule has 3 atom stereocenters. The van der Waals surface area contributed by atoms with Crippen LogP contribution in [0.15, 0.2) is 30.3 Å². The van der Waals surface area contributed by atoms with Crippen LogP contribution in [0.2, 0.25) is 0 Å². The predicted octanol–water partition coefficient (Wildman–Crippen LogP) is 2.73. The first kappa shape index (κ1) is 13.6. The number of hydrogen-bond acceptors (Lipinski definition) is 2. The summed E-state index contributed by atoms with van der Waals surface area (Å²) in [4.78, 5) is 14.6. The van der Waals surface area contributed by atoms with Gasteiger partial charge in [0, 0.05) is 13.1 Å². The van der Waals surface area contributed by atoms with Gasteiger partial charge in [0.2, 0.25) is 5.91 Å². The molecule has 2 N–H and O–H groups in total. The molecule has 2 aliphatic rings. The fraction of sp³-hybridized carbons (Fsp3) is 0.588. The molecule has 3 rings (SSSR count). The summed E-state index contributed by atoms with van der Waals surface area (Å²) < 4.78 is 0. The maximum atomic E-state index is 12.6. The number of piperidine rings is 1. The SMILES string of the molecule is N[C@H](C(=O)N1CCC2CCCCC2C1)c1ccccc1. The molecule has 1 saturated heterocycles. The quantitative estimate of drug-likeness (QED) is 0.899. The number of nitrogens with zero attached hydrogens (tertiary/aromatic N) is 1. The zero-order valence-electron chi connectivity index (χ0n) is 12.0. The normalized spacial score (nSPS) is 27.8. The largest absolute Gasteiger partial charge is 0.341 e. The van der Waals surface area contributed by atoms with E-state index in [1.54, 1.807) is 0 Å². The monoisotopic (exact) mass is 272 g/mol. The van der Waals surface area contributed by atoms with Crippen LogP contribution in [0.1, 0.15) is 43.7 Å². The average Bonchev–Trinajstić information content (AvgIpc) is 2.54. The molecule has 20 heavy (non-hydrogen) atoms. The van der Waals surface area contributed by atoms with Crippen molar-refractivity contribution in [3.63, 3.8) is 0 Å². The summed E-state index contributed by atoms with van der Waals surface area (Å²) >= 11 is 0. The Balaban J connectivity index is 1.65. The molecule has 1 aromatic rings. The van der Waals surface area contributed by atoms with Crippen LogP contribution >= 0.6 is 0 Å². The minimum atomic E-state index is -0.503. The van der Waals surface area contributed by atoms with Gasteiger partial charge in [-0.15, -0.1) is 0 Å². The Bertz CT molecular complexity index is 459. The van der Waals surface area contributed by atoms with Gasteiger partial charge in [0.1, 0.15) is 6.04 Å². The van der Waals surface area contributed by atoms with Crippen molar-refractivity contribution >= 4 is 5.91 Å². The summed E-state index contributed by atoms with van der Waals surface area (Å²) in [7, 11) is 0. The Morgan fingerprint density at radius 3 is 2.55 bits per heavy atom. The molecule has 1 saturated carbocycles. The smallest absolute Gasteiger partial charge is 0.244 e. The standard InChI is InChI=1S/C17H24N2O/c18-16(14-7-2-1-3-8-14)17(20)19-11-10-13-6-4-5-9-15(13)12-19/h1-3,7-8,13,15-16H,4-6,9-12,18H2/t13?,15?,16-/m0/s1. The van der Waals surface area contributed by atoms with Gasteiger partial charge in [0.15, 0.2) is 0 Å². The van der Waals surface area contributed by atoms with Crippen molar-refractivity contribution < 1.29 is 4.79 Å². The molecule has 2 unspecified atom stereocenters. The Morgan fingerprint density at radius 1 is 1.10 bits per heavy atom. The van der Waals surface area contributed by atoms with Gasteiger partial charge in [-0.05, 0) is 30.2 Å². The molecule has 0 radical (unpaired) electrons. The van der Waals surface area contributed by atoms with Gasteiger partial charge in [-0.3, -0.25) is 4.79 Å². The first-order chi connectivity index (χ1) is 9.75. The predicted molar refractivity (Wildman–Crippen MR) is 80.0 cm³/mol. The van der Waals surface area contributed by atoms with Gasteiger partial charge < -0.3 is 10.6 Å². The Hall–Kier alpha value is -1.35. The number of nitrogens with two attached hydrogens (primary N) is 1. The molecule has 0 aromatic heterocycles. The summed E-state index contributed by atoms with van der Waals surface area (Å²) in [6.45, 7) is 1.81. The second kappa shape index (κ2) is 5.96. The van der Waals surface area contributed by atoms with Crippen molar-refractivity contribution in [1.82, 2.24) is 4.90 Å². The second-order valence-corrected chi connectivity index (χ2v) is 6.27. The summed E-state index contributed by atoms with van der Waals surface area (Å²) in [6, 6.07) is 9.21. The Labute approximate surface area is 121 Å². The van der Waals surface area contributed by atoms with Crippen LogP contribution in [0.25, 0.3) is 0 Å². The van der Waals surface area contributed by atoms with E-state index < -0.39 is 6.04 Å². The molecule has 108 valence electrons. The van der Waals surface area contributed by atoms with Crippen LogP contribution in [-0.4, -0.2) is 23.9 Å². The van der Waals surface area contributed by atoms with E-state index in [-0.39, 0.29) is 5.91 Å². The van der Waals surface area contributed by atoms with Crippen molar-refractivity contribution in [2.45, 2.75) is 38.1 Å².